The normalized spacial score (nSPS) is 13.1. The third kappa shape index (κ3) is 6.06. The van der Waals surface area contributed by atoms with Crippen molar-refractivity contribution in [2.24, 2.45) is 0 Å². The van der Waals surface area contributed by atoms with Gasteiger partial charge in [0.15, 0.2) is 9.84 Å². The molecule has 1 aromatic carbocycles. The van der Waals surface area contributed by atoms with Crippen LogP contribution in [0.1, 0.15) is 44.4 Å². The van der Waals surface area contributed by atoms with E-state index in [4.69, 9.17) is 4.74 Å². The van der Waals surface area contributed by atoms with Crippen LogP contribution in [0, 0.1) is 6.92 Å². The first kappa shape index (κ1) is 18.0. The van der Waals surface area contributed by atoms with Crippen molar-refractivity contribution < 1.29 is 13.2 Å². The highest BCUT2D eigenvalue weighted by Gasteiger charge is 2.13. The van der Waals surface area contributed by atoms with Gasteiger partial charge in [0.25, 0.3) is 0 Å². The average Bonchev–Trinajstić information content (AvgIpc) is 2.38. The SMILES string of the molecule is CCCS(=O)(=O)CCOc1cc(C)ccc1C(C)NCC. The largest absolute Gasteiger partial charge is 0.492 e. The molecule has 0 heterocycles. The lowest BCUT2D eigenvalue weighted by molar-refractivity contribution is 0.333. The maximum absolute atomic E-state index is 11.7. The fraction of sp³-hybridized carbons (Fsp3) is 0.625. The Morgan fingerprint density at radius 1 is 1.24 bits per heavy atom. The van der Waals surface area contributed by atoms with Crippen molar-refractivity contribution in [1.82, 2.24) is 5.32 Å². The van der Waals surface area contributed by atoms with Gasteiger partial charge >= 0.3 is 0 Å². The molecule has 0 fully saturated rings. The van der Waals surface area contributed by atoms with Gasteiger partial charge in [0.05, 0.1) is 11.5 Å². The summed E-state index contributed by atoms with van der Waals surface area (Å²) in [6.45, 7) is 9.09. The Kier molecular flexibility index (Phi) is 7.18. The maximum atomic E-state index is 11.7. The summed E-state index contributed by atoms with van der Waals surface area (Å²) in [5.41, 5.74) is 2.17. The second-order valence-electron chi connectivity index (χ2n) is 5.32. The quantitative estimate of drug-likeness (QED) is 0.761. The smallest absolute Gasteiger partial charge is 0.153 e. The number of ether oxygens (including phenoxy) is 1. The van der Waals surface area contributed by atoms with Crippen LogP contribution in [0.3, 0.4) is 0 Å². The molecule has 21 heavy (non-hydrogen) atoms. The molecule has 1 atom stereocenters. The zero-order valence-corrected chi connectivity index (χ0v) is 14.3. The van der Waals surface area contributed by atoms with E-state index in [1.165, 1.54) is 0 Å². The molecule has 0 bridgehead atoms. The summed E-state index contributed by atoms with van der Waals surface area (Å²) in [6, 6.07) is 6.23. The molecular formula is C16H27NO3S. The third-order valence-corrected chi connectivity index (χ3v) is 5.13. The van der Waals surface area contributed by atoms with Gasteiger partial charge in [-0.25, -0.2) is 8.42 Å². The molecule has 0 radical (unpaired) electrons. The van der Waals surface area contributed by atoms with Crippen LogP contribution in [0.25, 0.3) is 0 Å². The van der Waals surface area contributed by atoms with Gasteiger partial charge in [-0.3, -0.25) is 0 Å². The van der Waals surface area contributed by atoms with Crippen molar-refractivity contribution in [3.63, 3.8) is 0 Å². The summed E-state index contributed by atoms with van der Waals surface area (Å²) in [4.78, 5) is 0. The van der Waals surface area contributed by atoms with Crippen LogP contribution in [-0.4, -0.2) is 33.1 Å². The molecule has 1 unspecified atom stereocenters. The Labute approximate surface area is 128 Å². The van der Waals surface area contributed by atoms with Gasteiger partial charge in [-0.2, -0.15) is 0 Å². The number of benzene rings is 1. The van der Waals surface area contributed by atoms with Gasteiger partial charge in [-0.15, -0.1) is 0 Å². The molecule has 1 N–H and O–H groups in total. The number of sulfone groups is 1. The van der Waals surface area contributed by atoms with Gasteiger partial charge < -0.3 is 10.1 Å². The summed E-state index contributed by atoms with van der Waals surface area (Å²) in [7, 11) is -3.00. The fourth-order valence-electron chi connectivity index (χ4n) is 2.23. The summed E-state index contributed by atoms with van der Waals surface area (Å²) in [5.74, 6) is 1.07. The molecule has 120 valence electrons. The molecule has 4 nitrogen and oxygen atoms in total. The zero-order valence-electron chi connectivity index (χ0n) is 13.5. The predicted molar refractivity (Wildman–Crippen MR) is 87.7 cm³/mol. The van der Waals surface area contributed by atoms with Crippen molar-refractivity contribution in [3.8, 4) is 5.75 Å². The number of rotatable bonds is 9. The summed E-state index contributed by atoms with van der Waals surface area (Å²) < 4.78 is 29.2. The minimum absolute atomic E-state index is 0.0732. The van der Waals surface area contributed by atoms with Crippen LogP contribution >= 0.6 is 0 Å². The minimum atomic E-state index is -3.00. The van der Waals surface area contributed by atoms with E-state index in [2.05, 4.69) is 19.2 Å². The van der Waals surface area contributed by atoms with Gasteiger partial charge in [-0.1, -0.05) is 26.0 Å². The molecule has 0 saturated carbocycles. The van der Waals surface area contributed by atoms with E-state index >= 15 is 0 Å². The average molecular weight is 313 g/mol. The highest BCUT2D eigenvalue weighted by molar-refractivity contribution is 7.91. The summed E-state index contributed by atoms with van der Waals surface area (Å²) in [5, 5.41) is 3.35. The van der Waals surface area contributed by atoms with Crippen LogP contribution in [0.2, 0.25) is 0 Å². The Bertz CT molecular complexity index is 540. The van der Waals surface area contributed by atoms with E-state index in [0.717, 1.165) is 23.4 Å². The lowest BCUT2D eigenvalue weighted by atomic mass is 10.1. The Balaban J connectivity index is 2.75. The van der Waals surface area contributed by atoms with Crippen LogP contribution in [0.15, 0.2) is 18.2 Å². The van der Waals surface area contributed by atoms with E-state index in [1.807, 2.05) is 32.0 Å². The van der Waals surface area contributed by atoms with Crippen LogP contribution in [0.4, 0.5) is 0 Å². The van der Waals surface area contributed by atoms with Crippen molar-refractivity contribution in [2.45, 2.75) is 40.2 Å². The van der Waals surface area contributed by atoms with Gasteiger partial charge in [0.2, 0.25) is 0 Å². The molecule has 0 aliphatic heterocycles. The van der Waals surface area contributed by atoms with E-state index in [0.29, 0.717) is 6.42 Å². The lowest BCUT2D eigenvalue weighted by Gasteiger charge is -2.18. The second-order valence-corrected chi connectivity index (χ2v) is 7.62. The molecule has 0 aliphatic carbocycles. The third-order valence-electron chi connectivity index (χ3n) is 3.31. The number of hydrogen-bond acceptors (Lipinski definition) is 4. The molecule has 1 aromatic rings. The Hall–Kier alpha value is -1.07. The standard InChI is InChI=1S/C16H27NO3S/c1-5-10-21(18,19)11-9-20-16-12-13(3)7-8-15(16)14(4)17-6-2/h7-8,12,14,17H,5-6,9-11H2,1-4H3. The number of nitrogens with one attached hydrogen (secondary N) is 1. The monoisotopic (exact) mass is 313 g/mol. The summed E-state index contributed by atoms with van der Waals surface area (Å²) >= 11 is 0. The molecule has 1 rings (SSSR count). The second kappa shape index (κ2) is 8.39. The first-order valence-corrected chi connectivity index (χ1v) is 9.39. The van der Waals surface area contributed by atoms with Crippen molar-refractivity contribution in [2.75, 3.05) is 24.7 Å². The van der Waals surface area contributed by atoms with E-state index in [1.54, 1.807) is 0 Å². The van der Waals surface area contributed by atoms with E-state index in [-0.39, 0.29) is 24.2 Å². The van der Waals surface area contributed by atoms with Crippen molar-refractivity contribution >= 4 is 9.84 Å². The zero-order chi connectivity index (χ0) is 15.9. The fourth-order valence-corrected chi connectivity index (χ4v) is 3.40. The topological polar surface area (TPSA) is 55.4 Å². The maximum Gasteiger partial charge on any atom is 0.153 e. The Morgan fingerprint density at radius 2 is 1.95 bits per heavy atom. The van der Waals surface area contributed by atoms with Gasteiger partial charge in [0.1, 0.15) is 12.4 Å². The summed E-state index contributed by atoms with van der Waals surface area (Å²) in [6.07, 6.45) is 0.648. The highest BCUT2D eigenvalue weighted by Crippen LogP contribution is 2.26. The minimum Gasteiger partial charge on any atom is -0.492 e. The molecule has 0 aliphatic rings. The van der Waals surface area contributed by atoms with Crippen LogP contribution < -0.4 is 10.1 Å². The van der Waals surface area contributed by atoms with E-state index < -0.39 is 9.84 Å². The van der Waals surface area contributed by atoms with E-state index in [9.17, 15) is 8.42 Å². The molecule has 0 amide bonds. The lowest BCUT2D eigenvalue weighted by Crippen LogP contribution is -2.20. The van der Waals surface area contributed by atoms with Crippen molar-refractivity contribution in [1.29, 1.82) is 0 Å². The molecule has 5 heteroatoms. The highest BCUT2D eigenvalue weighted by atomic mass is 32.2. The van der Waals surface area contributed by atoms with Crippen molar-refractivity contribution in [3.05, 3.63) is 29.3 Å². The van der Waals surface area contributed by atoms with Gasteiger partial charge in [-0.05, 0) is 38.4 Å². The van der Waals surface area contributed by atoms with Gasteiger partial charge in [0, 0.05) is 11.6 Å². The molecule has 0 aromatic heterocycles. The first-order valence-electron chi connectivity index (χ1n) is 7.56. The molecule has 0 spiro atoms. The predicted octanol–water partition coefficient (Wildman–Crippen LogP) is 2.87. The molecular weight excluding hydrogens is 286 g/mol. The number of aryl methyl sites for hydroxylation is 1. The first-order chi connectivity index (χ1) is 9.89. The molecule has 0 saturated heterocycles. The Morgan fingerprint density at radius 3 is 2.57 bits per heavy atom. The number of hydrogen-bond donors (Lipinski definition) is 1. The van der Waals surface area contributed by atoms with Crippen LogP contribution in [-0.2, 0) is 9.84 Å². The van der Waals surface area contributed by atoms with Crippen LogP contribution in [0.5, 0.6) is 5.75 Å².